The summed E-state index contributed by atoms with van der Waals surface area (Å²) in [6.07, 6.45) is 0. The number of methoxy groups -OCH3 is 2. The molecule has 1 aromatic rings. The molecule has 4 nitrogen and oxygen atoms in total. The van der Waals surface area contributed by atoms with E-state index in [1.165, 1.54) is 0 Å². The van der Waals surface area contributed by atoms with Crippen molar-refractivity contribution >= 4 is 14.0 Å². The summed E-state index contributed by atoms with van der Waals surface area (Å²) < 4.78 is 16.3. The van der Waals surface area contributed by atoms with Crippen LogP contribution < -0.4 is 0 Å². The van der Waals surface area contributed by atoms with E-state index in [9.17, 15) is 4.79 Å². The minimum atomic E-state index is -1.47. The summed E-state index contributed by atoms with van der Waals surface area (Å²) >= 11 is 0. The van der Waals surface area contributed by atoms with Gasteiger partial charge in [0.05, 0.1) is 8.07 Å². The highest BCUT2D eigenvalue weighted by atomic mass is 28.3. The Morgan fingerprint density at radius 3 is 2.10 bits per heavy atom. The van der Waals surface area contributed by atoms with Crippen LogP contribution >= 0.6 is 0 Å². The molecule has 0 amide bonds. The minimum absolute atomic E-state index is 0.0489. The van der Waals surface area contributed by atoms with Crippen LogP contribution in [0.3, 0.4) is 0 Å². The quantitative estimate of drug-likeness (QED) is 0.441. The van der Waals surface area contributed by atoms with Crippen molar-refractivity contribution in [1.82, 2.24) is 0 Å². The lowest BCUT2D eigenvalue weighted by Gasteiger charge is -2.31. The average Bonchev–Trinajstić information content (AvgIpc) is 2.40. The molecule has 1 rings (SSSR count). The molecular formula is C15H24O4Si. The van der Waals surface area contributed by atoms with Crippen molar-refractivity contribution in [2.24, 2.45) is 0 Å². The van der Waals surface area contributed by atoms with E-state index in [2.05, 4.69) is 19.6 Å². The summed E-state index contributed by atoms with van der Waals surface area (Å²) in [5.41, 5.74) is 0.825. The molecule has 0 saturated heterocycles. The molecule has 112 valence electrons. The Balaban J connectivity index is 2.76. The summed E-state index contributed by atoms with van der Waals surface area (Å²) in [6, 6.07) is 9.97. The lowest BCUT2D eigenvalue weighted by Crippen LogP contribution is -2.38. The Hall–Kier alpha value is -1.17. The highest BCUT2D eigenvalue weighted by Gasteiger charge is 2.34. The molecule has 20 heavy (non-hydrogen) atoms. The molecule has 0 heterocycles. The predicted molar refractivity (Wildman–Crippen MR) is 81.3 cm³/mol. The minimum Gasteiger partial charge on any atom is -0.460 e. The SMILES string of the molecule is COC(COC(=O)C[Si](C)(C)C)(OC)c1ccccc1. The molecule has 0 bridgehead atoms. The van der Waals surface area contributed by atoms with Gasteiger partial charge in [-0.25, -0.2) is 0 Å². The molecule has 0 saturated carbocycles. The van der Waals surface area contributed by atoms with Crippen molar-refractivity contribution < 1.29 is 19.0 Å². The second kappa shape index (κ2) is 7.01. The number of ether oxygens (including phenoxy) is 3. The second-order valence-electron chi connectivity index (χ2n) is 5.93. The van der Waals surface area contributed by atoms with Crippen molar-refractivity contribution in [3.63, 3.8) is 0 Å². The van der Waals surface area contributed by atoms with Gasteiger partial charge in [-0.2, -0.15) is 0 Å². The predicted octanol–water partition coefficient (Wildman–Crippen LogP) is 3.01. The van der Waals surface area contributed by atoms with Gasteiger partial charge < -0.3 is 14.2 Å². The number of rotatable bonds is 7. The van der Waals surface area contributed by atoms with Crippen LogP contribution in [0.5, 0.6) is 0 Å². The van der Waals surface area contributed by atoms with E-state index in [1.54, 1.807) is 14.2 Å². The summed E-state index contributed by atoms with van der Waals surface area (Å²) in [4.78, 5) is 11.9. The van der Waals surface area contributed by atoms with Gasteiger partial charge in [0, 0.05) is 25.8 Å². The Bertz CT molecular complexity index is 421. The Kier molecular flexibility index (Phi) is 5.92. The van der Waals surface area contributed by atoms with Gasteiger partial charge in [0.25, 0.3) is 0 Å². The van der Waals surface area contributed by atoms with Crippen molar-refractivity contribution in [1.29, 1.82) is 0 Å². The van der Waals surface area contributed by atoms with E-state index in [0.29, 0.717) is 6.04 Å². The fourth-order valence-corrected chi connectivity index (χ4v) is 2.84. The zero-order valence-corrected chi connectivity index (χ0v) is 13.9. The smallest absolute Gasteiger partial charge is 0.303 e. The molecule has 0 aliphatic heterocycles. The first kappa shape index (κ1) is 16.9. The summed E-state index contributed by atoms with van der Waals surface area (Å²) in [5.74, 6) is -1.24. The molecule has 0 unspecified atom stereocenters. The molecule has 0 fully saturated rings. The first-order valence-corrected chi connectivity index (χ1v) is 10.4. The third kappa shape index (κ3) is 4.74. The number of hydrogen-bond donors (Lipinski definition) is 0. The molecule has 0 radical (unpaired) electrons. The zero-order chi connectivity index (χ0) is 15.2. The maximum Gasteiger partial charge on any atom is 0.303 e. The number of esters is 1. The van der Waals surface area contributed by atoms with Crippen molar-refractivity contribution in [3.8, 4) is 0 Å². The van der Waals surface area contributed by atoms with E-state index in [-0.39, 0.29) is 12.6 Å². The van der Waals surface area contributed by atoms with Gasteiger partial charge in [-0.3, -0.25) is 4.79 Å². The molecule has 0 aliphatic carbocycles. The van der Waals surface area contributed by atoms with Gasteiger partial charge in [-0.1, -0.05) is 50.0 Å². The Morgan fingerprint density at radius 2 is 1.65 bits per heavy atom. The van der Waals surface area contributed by atoms with Crippen molar-refractivity contribution in [2.45, 2.75) is 31.5 Å². The Morgan fingerprint density at radius 1 is 1.10 bits per heavy atom. The summed E-state index contributed by atoms with van der Waals surface area (Å²) in [6.45, 7) is 6.44. The Labute approximate surface area is 122 Å². The molecule has 0 spiro atoms. The zero-order valence-electron chi connectivity index (χ0n) is 12.9. The third-order valence-corrected chi connectivity index (χ3v) is 4.32. The van der Waals surface area contributed by atoms with Crippen LogP contribution in [0.15, 0.2) is 30.3 Å². The largest absolute Gasteiger partial charge is 0.460 e. The van der Waals surface area contributed by atoms with Crippen LogP contribution in [0, 0.1) is 0 Å². The fourth-order valence-electron chi connectivity index (χ4n) is 1.87. The van der Waals surface area contributed by atoms with Crippen LogP contribution in [0.1, 0.15) is 5.56 Å². The van der Waals surface area contributed by atoms with E-state index < -0.39 is 13.9 Å². The molecule has 0 N–H and O–H groups in total. The maximum atomic E-state index is 11.9. The highest BCUT2D eigenvalue weighted by Crippen LogP contribution is 2.26. The topological polar surface area (TPSA) is 44.8 Å². The molecule has 1 aromatic carbocycles. The molecule has 0 atom stereocenters. The first-order chi connectivity index (χ1) is 9.33. The van der Waals surface area contributed by atoms with Gasteiger partial charge in [0.1, 0.15) is 6.61 Å². The van der Waals surface area contributed by atoms with Gasteiger partial charge in [-0.15, -0.1) is 0 Å². The van der Waals surface area contributed by atoms with Crippen LogP contribution in [-0.2, 0) is 24.8 Å². The lowest BCUT2D eigenvalue weighted by atomic mass is 10.1. The number of carbonyl (C=O) groups is 1. The number of benzene rings is 1. The third-order valence-electron chi connectivity index (χ3n) is 2.97. The first-order valence-electron chi connectivity index (χ1n) is 6.64. The van der Waals surface area contributed by atoms with Crippen LogP contribution in [0.4, 0.5) is 0 Å². The summed E-state index contributed by atoms with van der Waals surface area (Å²) in [7, 11) is 1.62. The highest BCUT2D eigenvalue weighted by molar-refractivity contribution is 6.78. The van der Waals surface area contributed by atoms with E-state index in [0.717, 1.165) is 5.56 Å². The number of carbonyl (C=O) groups excluding carboxylic acids is 1. The normalized spacial score (nSPS) is 12.2. The van der Waals surface area contributed by atoms with E-state index >= 15 is 0 Å². The lowest BCUT2D eigenvalue weighted by molar-refractivity contribution is -0.242. The molecule has 5 heteroatoms. The van der Waals surface area contributed by atoms with Crippen molar-refractivity contribution in [2.75, 3.05) is 20.8 Å². The monoisotopic (exact) mass is 296 g/mol. The summed E-state index contributed by atoms with van der Waals surface area (Å²) in [5, 5.41) is 0. The van der Waals surface area contributed by atoms with Gasteiger partial charge in [0.15, 0.2) is 0 Å². The van der Waals surface area contributed by atoms with Gasteiger partial charge in [0.2, 0.25) is 5.79 Å². The molecular weight excluding hydrogens is 272 g/mol. The number of hydrogen-bond acceptors (Lipinski definition) is 4. The fraction of sp³-hybridized carbons (Fsp3) is 0.533. The van der Waals surface area contributed by atoms with Crippen molar-refractivity contribution in [3.05, 3.63) is 35.9 Å². The maximum absolute atomic E-state index is 11.9. The second-order valence-corrected chi connectivity index (χ2v) is 11.4. The van der Waals surface area contributed by atoms with E-state index in [4.69, 9.17) is 14.2 Å². The molecule has 0 aromatic heterocycles. The standard InChI is InChI=1S/C15H24O4Si/c1-17-15(18-2,13-9-7-6-8-10-13)12-19-14(16)11-20(3,4)5/h6-10H,11-12H2,1-5H3. The van der Waals surface area contributed by atoms with E-state index in [1.807, 2.05) is 30.3 Å². The molecule has 0 aliphatic rings. The van der Waals surface area contributed by atoms with Gasteiger partial charge in [-0.05, 0) is 0 Å². The van der Waals surface area contributed by atoms with Crippen LogP contribution in [0.2, 0.25) is 25.7 Å². The average molecular weight is 296 g/mol. The van der Waals surface area contributed by atoms with Gasteiger partial charge >= 0.3 is 5.97 Å². The van der Waals surface area contributed by atoms with Crippen LogP contribution in [-0.4, -0.2) is 34.9 Å². The van der Waals surface area contributed by atoms with Crippen LogP contribution in [0.25, 0.3) is 0 Å².